The third kappa shape index (κ3) is 3.88. The first-order chi connectivity index (χ1) is 11.6. The minimum Gasteiger partial charge on any atom is -0.444 e. The monoisotopic (exact) mass is 345 g/mol. The van der Waals surface area contributed by atoms with Gasteiger partial charge in [-0.2, -0.15) is 0 Å². The highest BCUT2D eigenvalue weighted by Crippen LogP contribution is 2.52. The van der Waals surface area contributed by atoms with E-state index < -0.39 is 5.60 Å². The Kier molecular flexibility index (Phi) is 4.42. The summed E-state index contributed by atoms with van der Waals surface area (Å²) in [5.41, 5.74) is 2.54. The van der Waals surface area contributed by atoms with Crippen LogP contribution in [-0.2, 0) is 4.74 Å². The Morgan fingerprint density at radius 1 is 1.32 bits per heavy atom. The molecule has 1 aliphatic heterocycles. The van der Waals surface area contributed by atoms with Gasteiger partial charge in [0.05, 0.1) is 0 Å². The maximum Gasteiger partial charge on any atom is 0.410 e. The zero-order chi connectivity index (χ0) is 18.4. The Balaban J connectivity index is 1.64. The zero-order valence-corrected chi connectivity index (χ0v) is 15.7. The van der Waals surface area contributed by atoms with Gasteiger partial charge in [-0.05, 0) is 76.1 Å². The molecule has 1 aliphatic carbocycles. The van der Waals surface area contributed by atoms with E-state index in [-0.39, 0.29) is 17.3 Å². The van der Waals surface area contributed by atoms with E-state index in [9.17, 15) is 9.18 Å². The summed E-state index contributed by atoms with van der Waals surface area (Å²) in [4.78, 5) is 13.9. The second-order valence-corrected chi connectivity index (χ2v) is 8.83. The highest BCUT2D eigenvalue weighted by molar-refractivity contribution is 5.69. The maximum absolute atomic E-state index is 13.9. The van der Waals surface area contributed by atoms with Crippen LogP contribution in [0.15, 0.2) is 24.8 Å². The molecule has 1 saturated carbocycles. The molecule has 1 amide bonds. The summed E-state index contributed by atoms with van der Waals surface area (Å²) in [5, 5.41) is 0. The second-order valence-electron chi connectivity index (χ2n) is 8.83. The number of ether oxygens (including phenoxy) is 1. The van der Waals surface area contributed by atoms with Crippen LogP contribution in [0.3, 0.4) is 0 Å². The molecule has 1 saturated heterocycles. The molecule has 0 aromatic heterocycles. The van der Waals surface area contributed by atoms with E-state index in [1.807, 2.05) is 27.7 Å². The molecule has 25 heavy (non-hydrogen) atoms. The molecule has 0 unspecified atom stereocenters. The summed E-state index contributed by atoms with van der Waals surface area (Å²) in [6.07, 6.45) is 2.90. The second kappa shape index (κ2) is 6.15. The van der Waals surface area contributed by atoms with Gasteiger partial charge in [0, 0.05) is 18.5 Å². The van der Waals surface area contributed by atoms with E-state index >= 15 is 0 Å². The fraction of sp³-hybridized carbons (Fsp3) is 0.571. The molecule has 1 aromatic carbocycles. The number of rotatable bonds is 2. The largest absolute Gasteiger partial charge is 0.444 e. The van der Waals surface area contributed by atoms with Crippen molar-refractivity contribution < 1.29 is 13.9 Å². The maximum atomic E-state index is 13.9. The minimum atomic E-state index is -0.460. The van der Waals surface area contributed by atoms with Crippen molar-refractivity contribution in [1.29, 1.82) is 0 Å². The van der Waals surface area contributed by atoms with Crippen LogP contribution in [0.2, 0.25) is 0 Å². The molecule has 3 nitrogen and oxygen atoms in total. The Labute approximate surface area is 149 Å². The molecule has 2 fully saturated rings. The van der Waals surface area contributed by atoms with Gasteiger partial charge in [-0.25, -0.2) is 9.18 Å². The van der Waals surface area contributed by atoms with Crippen molar-refractivity contribution in [3.63, 3.8) is 0 Å². The Bertz CT molecular complexity index is 698. The van der Waals surface area contributed by atoms with Crippen molar-refractivity contribution in [2.75, 3.05) is 13.1 Å². The standard InChI is InChI=1S/C21H28FNO2/c1-14(2)16-8-17(10-18(22)9-16)15-6-7-21(11-15)12-23(13-21)19(24)25-20(3,4)5/h8-10,15H,1,6-7,11-13H2,2-5H3/t15-/m1/s1. The summed E-state index contributed by atoms with van der Waals surface area (Å²) in [6.45, 7) is 13.0. The van der Waals surface area contributed by atoms with Crippen LogP contribution in [0.4, 0.5) is 9.18 Å². The van der Waals surface area contributed by atoms with Gasteiger partial charge < -0.3 is 9.64 Å². The molecule has 1 heterocycles. The summed E-state index contributed by atoms with van der Waals surface area (Å²) in [5.74, 6) is 0.162. The van der Waals surface area contributed by atoms with E-state index in [2.05, 4.69) is 12.6 Å². The molecular weight excluding hydrogens is 317 g/mol. The molecule has 2 aliphatic rings. The zero-order valence-electron chi connectivity index (χ0n) is 15.7. The fourth-order valence-electron chi connectivity index (χ4n) is 4.09. The highest BCUT2D eigenvalue weighted by atomic mass is 19.1. The fourth-order valence-corrected chi connectivity index (χ4v) is 4.09. The van der Waals surface area contributed by atoms with Crippen molar-refractivity contribution in [3.05, 3.63) is 41.7 Å². The smallest absolute Gasteiger partial charge is 0.410 e. The number of allylic oxidation sites excluding steroid dienone is 1. The summed E-state index contributed by atoms with van der Waals surface area (Å²) >= 11 is 0. The molecule has 1 atom stereocenters. The average molecular weight is 345 g/mol. The third-order valence-electron chi connectivity index (χ3n) is 5.29. The van der Waals surface area contributed by atoms with Gasteiger partial charge in [0.15, 0.2) is 0 Å². The molecule has 1 spiro atoms. The van der Waals surface area contributed by atoms with E-state index in [1.165, 1.54) is 0 Å². The number of hydrogen-bond donors (Lipinski definition) is 0. The van der Waals surface area contributed by atoms with Gasteiger partial charge in [0.1, 0.15) is 11.4 Å². The van der Waals surface area contributed by atoms with Crippen LogP contribution < -0.4 is 0 Å². The lowest BCUT2D eigenvalue weighted by Crippen LogP contribution is -2.58. The van der Waals surface area contributed by atoms with Crippen LogP contribution >= 0.6 is 0 Å². The summed E-state index contributed by atoms with van der Waals surface area (Å²) in [6, 6.07) is 5.27. The number of carbonyl (C=O) groups excluding carboxylic acids is 1. The predicted molar refractivity (Wildman–Crippen MR) is 97.9 cm³/mol. The lowest BCUT2D eigenvalue weighted by atomic mass is 9.77. The van der Waals surface area contributed by atoms with Crippen LogP contribution in [0, 0.1) is 11.2 Å². The number of hydrogen-bond acceptors (Lipinski definition) is 2. The first-order valence-electron chi connectivity index (χ1n) is 9.01. The predicted octanol–water partition coefficient (Wildman–Crippen LogP) is 5.36. The van der Waals surface area contributed by atoms with E-state index in [1.54, 1.807) is 17.0 Å². The van der Waals surface area contributed by atoms with Crippen LogP contribution in [-0.4, -0.2) is 29.7 Å². The minimum absolute atomic E-state index is 0.178. The first-order valence-corrected chi connectivity index (χ1v) is 9.01. The number of nitrogens with zero attached hydrogens (tertiary/aromatic N) is 1. The number of halogens is 1. The van der Waals surface area contributed by atoms with Crippen molar-refractivity contribution >= 4 is 11.7 Å². The Hall–Kier alpha value is -1.84. The van der Waals surface area contributed by atoms with Gasteiger partial charge in [-0.15, -0.1) is 0 Å². The Morgan fingerprint density at radius 2 is 2.00 bits per heavy atom. The molecule has 0 N–H and O–H groups in total. The van der Waals surface area contributed by atoms with Crippen molar-refractivity contribution in [2.45, 2.75) is 58.5 Å². The average Bonchev–Trinajstić information content (AvgIpc) is 2.88. The van der Waals surface area contributed by atoms with E-state index in [0.717, 1.165) is 49.1 Å². The van der Waals surface area contributed by atoms with E-state index in [4.69, 9.17) is 4.74 Å². The van der Waals surface area contributed by atoms with Crippen LogP contribution in [0.5, 0.6) is 0 Å². The number of carbonyl (C=O) groups is 1. The number of benzene rings is 1. The van der Waals surface area contributed by atoms with E-state index in [0.29, 0.717) is 5.92 Å². The van der Waals surface area contributed by atoms with Gasteiger partial charge in [-0.3, -0.25) is 0 Å². The third-order valence-corrected chi connectivity index (χ3v) is 5.29. The van der Waals surface area contributed by atoms with Gasteiger partial charge in [-0.1, -0.05) is 18.2 Å². The molecule has 1 aromatic rings. The van der Waals surface area contributed by atoms with Crippen LogP contribution in [0.1, 0.15) is 64.0 Å². The topological polar surface area (TPSA) is 29.5 Å². The SMILES string of the molecule is C=C(C)c1cc(F)cc([C@@H]2CCC3(C2)CN(C(=O)OC(C)(C)C)C3)c1. The normalized spacial score (nSPS) is 22.0. The molecular formula is C21H28FNO2. The number of likely N-dealkylation sites (tertiary alicyclic amines) is 1. The molecule has 136 valence electrons. The number of amides is 1. The summed E-state index contributed by atoms with van der Waals surface area (Å²) < 4.78 is 19.4. The molecule has 3 rings (SSSR count). The Morgan fingerprint density at radius 3 is 2.60 bits per heavy atom. The van der Waals surface area contributed by atoms with Crippen LogP contribution in [0.25, 0.3) is 5.57 Å². The first kappa shape index (κ1) is 18.0. The highest BCUT2D eigenvalue weighted by Gasteiger charge is 2.50. The molecule has 4 heteroatoms. The van der Waals surface area contributed by atoms with Gasteiger partial charge in [0.2, 0.25) is 0 Å². The van der Waals surface area contributed by atoms with Gasteiger partial charge in [0.25, 0.3) is 0 Å². The molecule has 0 radical (unpaired) electrons. The van der Waals surface area contributed by atoms with Gasteiger partial charge >= 0.3 is 6.09 Å². The molecule has 0 bridgehead atoms. The quantitative estimate of drug-likeness (QED) is 0.722. The van der Waals surface area contributed by atoms with Crippen molar-refractivity contribution in [1.82, 2.24) is 4.90 Å². The lowest BCUT2D eigenvalue weighted by Gasteiger charge is -2.48. The lowest BCUT2D eigenvalue weighted by molar-refractivity contribution is -0.0323. The van der Waals surface area contributed by atoms with Crippen molar-refractivity contribution in [3.8, 4) is 0 Å². The summed E-state index contributed by atoms with van der Waals surface area (Å²) in [7, 11) is 0. The van der Waals surface area contributed by atoms with Crippen molar-refractivity contribution in [2.24, 2.45) is 5.41 Å².